The van der Waals surface area contributed by atoms with Crippen molar-refractivity contribution in [1.82, 2.24) is 0 Å². The van der Waals surface area contributed by atoms with Crippen LogP contribution in [0.15, 0.2) is 48.5 Å². The first kappa shape index (κ1) is 16.1. The largest absolute Gasteiger partial charge is 0.481 e. The van der Waals surface area contributed by atoms with Gasteiger partial charge in [-0.2, -0.15) is 0 Å². The van der Waals surface area contributed by atoms with Gasteiger partial charge in [0.15, 0.2) is 0 Å². The summed E-state index contributed by atoms with van der Waals surface area (Å²) in [6, 6.07) is 16.5. The number of carbonyl (C=O) groups is 1. The number of aliphatic carboxylic acids is 1. The molecule has 1 N–H and O–H groups in total. The van der Waals surface area contributed by atoms with Crippen LogP contribution < -0.4 is 4.90 Å². The number of rotatable bonds is 6. The van der Waals surface area contributed by atoms with Crippen molar-refractivity contribution in [2.45, 2.75) is 27.3 Å². The minimum absolute atomic E-state index is 0.412. The predicted octanol–water partition coefficient (Wildman–Crippen LogP) is 4.03. The summed E-state index contributed by atoms with van der Waals surface area (Å²) >= 11 is 0. The summed E-state index contributed by atoms with van der Waals surface area (Å²) in [7, 11) is 0. The second-order valence-corrected chi connectivity index (χ2v) is 5.89. The summed E-state index contributed by atoms with van der Waals surface area (Å²) < 4.78 is 0. The summed E-state index contributed by atoms with van der Waals surface area (Å²) in [6.45, 7) is 7.08. The number of benzene rings is 2. The highest BCUT2D eigenvalue weighted by atomic mass is 16.4. The summed E-state index contributed by atoms with van der Waals surface area (Å²) in [6.07, 6.45) is 0. The van der Waals surface area contributed by atoms with Crippen LogP contribution in [0.25, 0.3) is 0 Å². The molecule has 2 rings (SSSR count). The number of anilines is 1. The van der Waals surface area contributed by atoms with Crippen molar-refractivity contribution < 1.29 is 9.90 Å². The molecule has 0 spiro atoms. The van der Waals surface area contributed by atoms with Gasteiger partial charge in [0.25, 0.3) is 0 Å². The molecule has 0 aliphatic rings. The van der Waals surface area contributed by atoms with Crippen LogP contribution >= 0.6 is 0 Å². The molecule has 1 unspecified atom stereocenters. The van der Waals surface area contributed by atoms with E-state index in [-0.39, 0.29) is 0 Å². The average Bonchev–Trinajstić information content (AvgIpc) is 2.49. The molecule has 0 aliphatic carbocycles. The smallest absolute Gasteiger partial charge is 0.308 e. The normalized spacial score (nSPS) is 12.0. The first-order valence-electron chi connectivity index (χ1n) is 7.56. The van der Waals surface area contributed by atoms with Gasteiger partial charge in [0.05, 0.1) is 5.92 Å². The Labute approximate surface area is 132 Å². The molecule has 0 aliphatic heterocycles. The Hall–Kier alpha value is -2.29. The Kier molecular flexibility index (Phi) is 5.21. The molecular weight excluding hydrogens is 274 g/mol. The molecule has 1 atom stereocenters. The minimum Gasteiger partial charge on any atom is -0.481 e. The van der Waals surface area contributed by atoms with E-state index in [1.54, 1.807) is 6.92 Å². The monoisotopic (exact) mass is 297 g/mol. The van der Waals surface area contributed by atoms with Crippen molar-refractivity contribution in [3.05, 3.63) is 65.2 Å². The molecule has 2 aromatic carbocycles. The van der Waals surface area contributed by atoms with Gasteiger partial charge in [0.1, 0.15) is 0 Å². The van der Waals surface area contributed by atoms with E-state index < -0.39 is 11.9 Å². The predicted molar refractivity (Wildman–Crippen MR) is 90.2 cm³/mol. The molecule has 3 heteroatoms. The van der Waals surface area contributed by atoms with Crippen LogP contribution in [0.5, 0.6) is 0 Å². The first-order chi connectivity index (χ1) is 10.5. The van der Waals surface area contributed by atoms with Gasteiger partial charge in [-0.15, -0.1) is 0 Å². The van der Waals surface area contributed by atoms with Gasteiger partial charge in [-0.05, 0) is 31.0 Å². The van der Waals surface area contributed by atoms with Crippen molar-refractivity contribution in [2.75, 3.05) is 11.4 Å². The standard InChI is InChI=1S/C19H23NO2/c1-14-8-10-17(11-9-14)13-20(12-16(3)19(21)22)18-7-5-4-6-15(18)2/h4-11,16H,12-13H2,1-3H3,(H,21,22). The molecule has 2 aromatic rings. The van der Waals surface area contributed by atoms with Crippen LogP contribution in [0, 0.1) is 19.8 Å². The van der Waals surface area contributed by atoms with Crippen molar-refractivity contribution in [3.63, 3.8) is 0 Å². The molecule has 0 saturated carbocycles. The Balaban J connectivity index is 2.27. The van der Waals surface area contributed by atoms with Crippen molar-refractivity contribution in [1.29, 1.82) is 0 Å². The van der Waals surface area contributed by atoms with E-state index in [1.807, 2.05) is 12.1 Å². The minimum atomic E-state index is -0.762. The third-order valence-electron chi connectivity index (χ3n) is 3.87. The lowest BCUT2D eigenvalue weighted by molar-refractivity contribution is -0.140. The van der Waals surface area contributed by atoms with Crippen LogP contribution in [0.2, 0.25) is 0 Å². The fraction of sp³-hybridized carbons (Fsp3) is 0.316. The molecule has 116 valence electrons. The van der Waals surface area contributed by atoms with E-state index in [0.29, 0.717) is 13.1 Å². The van der Waals surface area contributed by atoms with Crippen LogP contribution in [-0.4, -0.2) is 17.6 Å². The van der Waals surface area contributed by atoms with E-state index in [4.69, 9.17) is 0 Å². The maximum absolute atomic E-state index is 11.2. The SMILES string of the molecule is Cc1ccc(CN(CC(C)C(=O)O)c2ccccc2C)cc1. The summed E-state index contributed by atoms with van der Waals surface area (Å²) in [4.78, 5) is 13.4. The number of carboxylic acid groups (broad SMARTS) is 1. The molecular formula is C19H23NO2. The van der Waals surface area contributed by atoms with E-state index in [0.717, 1.165) is 11.3 Å². The number of aryl methyl sites for hydroxylation is 2. The third-order valence-corrected chi connectivity index (χ3v) is 3.87. The zero-order valence-corrected chi connectivity index (χ0v) is 13.4. The van der Waals surface area contributed by atoms with Gasteiger partial charge in [0, 0.05) is 18.8 Å². The van der Waals surface area contributed by atoms with Crippen LogP contribution in [0.4, 0.5) is 5.69 Å². The molecule has 0 radical (unpaired) electrons. The average molecular weight is 297 g/mol. The third kappa shape index (κ3) is 4.10. The molecule has 0 heterocycles. The fourth-order valence-electron chi connectivity index (χ4n) is 2.49. The molecule has 22 heavy (non-hydrogen) atoms. The van der Waals surface area contributed by atoms with Crippen molar-refractivity contribution in [2.24, 2.45) is 5.92 Å². The molecule has 0 bridgehead atoms. The van der Waals surface area contributed by atoms with Crippen LogP contribution in [0.3, 0.4) is 0 Å². The summed E-state index contributed by atoms with van der Waals surface area (Å²) in [5, 5.41) is 9.22. The van der Waals surface area contributed by atoms with Gasteiger partial charge >= 0.3 is 5.97 Å². The number of hydrogen-bond acceptors (Lipinski definition) is 2. The van der Waals surface area contributed by atoms with Gasteiger partial charge in [-0.3, -0.25) is 4.79 Å². The lowest BCUT2D eigenvalue weighted by atomic mass is 10.1. The van der Waals surface area contributed by atoms with Gasteiger partial charge in [0.2, 0.25) is 0 Å². The maximum atomic E-state index is 11.2. The Morgan fingerprint density at radius 3 is 2.32 bits per heavy atom. The lowest BCUT2D eigenvalue weighted by Crippen LogP contribution is -2.32. The second kappa shape index (κ2) is 7.12. The topological polar surface area (TPSA) is 40.5 Å². The zero-order chi connectivity index (χ0) is 16.1. The highest BCUT2D eigenvalue weighted by Crippen LogP contribution is 2.23. The number of para-hydroxylation sites is 1. The van der Waals surface area contributed by atoms with E-state index in [1.165, 1.54) is 11.1 Å². The van der Waals surface area contributed by atoms with Gasteiger partial charge in [-0.1, -0.05) is 55.0 Å². The fourth-order valence-corrected chi connectivity index (χ4v) is 2.49. The molecule has 0 saturated heterocycles. The Bertz CT molecular complexity index is 634. The molecule has 0 fully saturated rings. The van der Waals surface area contributed by atoms with E-state index in [9.17, 15) is 9.90 Å². The first-order valence-corrected chi connectivity index (χ1v) is 7.56. The highest BCUT2D eigenvalue weighted by Gasteiger charge is 2.18. The summed E-state index contributed by atoms with van der Waals surface area (Å²) in [5.41, 5.74) is 4.67. The highest BCUT2D eigenvalue weighted by molar-refractivity contribution is 5.70. The Morgan fingerprint density at radius 2 is 1.73 bits per heavy atom. The van der Waals surface area contributed by atoms with Gasteiger partial charge in [-0.25, -0.2) is 0 Å². The number of hydrogen-bond donors (Lipinski definition) is 1. The van der Waals surface area contributed by atoms with E-state index >= 15 is 0 Å². The van der Waals surface area contributed by atoms with Crippen molar-refractivity contribution >= 4 is 11.7 Å². The van der Waals surface area contributed by atoms with Crippen LogP contribution in [-0.2, 0) is 11.3 Å². The lowest BCUT2D eigenvalue weighted by Gasteiger charge is -2.28. The zero-order valence-electron chi connectivity index (χ0n) is 13.4. The summed E-state index contributed by atoms with van der Waals surface area (Å²) in [5.74, 6) is -1.17. The second-order valence-electron chi connectivity index (χ2n) is 5.89. The van der Waals surface area contributed by atoms with Crippen LogP contribution in [0.1, 0.15) is 23.6 Å². The molecule has 3 nitrogen and oxygen atoms in total. The molecule has 0 amide bonds. The van der Waals surface area contributed by atoms with Crippen molar-refractivity contribution in [3.8, 4) is 0 Å². The van der Waals surface area contributed by atoms with E-state index in [2.05, 4.69) is 55.1 Å². The van der Waals surface area contributed by atoms with Gasteiger partial charge < -0.3 is 10.0 Å². The maximum Gasteiger partial charge on any atom is 0.308 e. The molecule has 0 aromatic heterocycles. The quantitative estimate of drug-likeness (QED) is 0.875. The Morgan fingerprint density at radius 1 is 1.09 bits per heavy atom. The number of nitrogens with zero attached hydrogens (tertiary/aromatic N) is 1. The number of carboxylic acids is 1.